The van der Waals surface area contributed by atoms with Crippen molar-refractivity contribution in [1.29, 1.82) is 0 Å². The maximum atomic E-state index is 5.71. The highest BCUT2D eigenvalue weighted by atomic mass is 16.5. The van der Waals surface area contributed by atoms with Crippen molar-refractivity contribution in [3.63, 3.8) is 0 Å². The summed E-state index contributed by atoms with van der Waals surface area (Å²) in [6.07, 6.45) is 2.17. The van der Waals surface area contributed by atoms with Crippen molar-refractivity contribution in [2.45, 2.75) is 25.8 Å². The molecule has 1 aromatic rings. The van der Waals surface area contributed by atoms with Gasteiger partial charge < -0.3 is 4.74 Å². The Hall–Kier alpha value is -0.900. The van der Waals surface area contributed by atoms with Gasteiger partial charge in [-0.15, -0.1) is 0 Å². The van der Waals surface area contributed by atoms with E-state index in [1.807, 2.05) is 0 Å². The van der Waals surface area contributed by atoms with Gasteiger partial charge >= 0.3 is 0 Å². The fourth-order valence-electron chi connectivity index (χ4n) is 2.46. The van der Waals surface area contributed by atoms with Crippen molar-refractivity contribution in [2.75, 3.05) is 13.2 Å². The summed E-state index contributed by atoms with van der Waals surface area (Å²) >= 11 is 0. The Morgan fingerprint density at radius 1 is 1.31 bits per heavy atom. The molecule has 0 spiro atoms. The maximum Gasteiger partial charge on any atom is 0.0492 e. The van der Waals surface area contributed by atoms with Crippen molar-refractivity contribution in [3.05, 3.63) is 35.4 Å². The smallest absolute Gasteiger partial charge is 0.0492 e. The third-order valence-electron chi connectivity index (χ3n) is 3.44. The molecule has 1 saturated heterocycles. The zero-order valence-corrected chi connectivity index (χ0v) is 9.78. The second-order valence-corrected chi connectivity index (χ2v) is 4.45. The predicted octanol–water partition coefficient (Wildman–Crippen LogP) is 1.93. The third-order valence-corrected chi connectivity index (χ3v) is 3.44. The van der Waals surface area contributed by atoms with Crippen LogP contribution >= 0.6 is 0 Å². The normalized spacial score (nSPS) is 19.6. The number of rotatable bonds is 3. The van der Waals surface area contributed by atoms with E-state index in [-0.39, 0.29) is 6.04 Å². The van der Waals surface area contributed by atoms with Gasteiger partial charge in [-0.2, -0.15) is 0 Å². The quantitative estimate of drug-likeness (QED) is 0.604. The molecule has 1 aromatic carbocycles. The Balaban J connectivity index is 2.18. The lowest BCUT2D eigenvalue weighted by molar-refractivity contribution is 0.0535. The molecule has 1 unspecified atom stereocenters. The van der Waals surface area contributed by atoms with E-state index in [4.69, 9.17) is 10.6 Å². The number of nitrogens with one attached hydrogen (secondary N) is 1. The maximum absolute atomic E-state index is 5.71. The van der Waals surface area contributed by atoms with Gasteiger partial charge in [-0.05, 0) is 36.8 Å². The van der Waals surface area contributed by atoms with Gasteiger partial charge in [-0.25, -0.2) is 0 Å². The minimum Gasteiger partial charge on any atom is -0.381 e. The minimum atomic E-state index is 0.255. The number of benzene rings is 1. The van der Waals surface area contributed by atoms with Crippen LogP contribution in [0, 0.1) is 12.8 Å². The largest absolute Gasteiger partial charge is 0.381 e. The Morgan fingerprint density at radius 3 is 2.62 bits per heavy atom. The molecule has 1 atom stereocenters. The second kappa shape index (κ2) is 5.43. The topological polar surface area (TPSA) is 47.3 Å². The molecule has 3 N–H and O–H groups in total. The average molecular weight is 220 g/mol. The molecule has 0 aromatic heterocycles. The van der Waals surface area contributed by atoms with Gasteiger partial charge in [0.05, 0.1) is 0 Å². The van der Waals surface area contributed by atoms with Gasteiger partial charge in [0.2, 0.25) is 0 Å². The molecule has 2 rings (SSSR count). The van der Waals surface area contributed by atoms with E-state index >= 15 is 0 Å². The van der Waals surface area contributed by atoms with E-state index in [0.717, 1.165) is 26.1 Å². The second-order valence-electron chi connectivity index (χ2n) is 4.45. The molecule has 3 heteroatoms. The summed E-state index contributed by atoms with van der Waals surface area (Å²) in [7, 11) is 0. The number of hydrogen-bond acceptors (Lipinski definition) is 3. The molecule has 1 aliphatic heterocycles. The third kappa shape index (κ3) is 2.43. The molecule has 16 heavy (non-hydrogen) atoms. The zero-order chi connectivity index (χ0) is 11.4. The molecule has 0 aliphatic carbocycles. The van der Waals surface area contributed by atoms with Crippen LogP contribution in [0.3, 0.4) is 0 Å². The fraction of sp³-hybridized carbons (Fsp3) is 0.538. The highest BCUT2D eigenvalue weighted by Gasteiger charge is 2.25. The monoisotopic (exact) mass is 220 g/mol. The fourth-order valence-corrected chi connectivity index (χ4v) is 2.46. The number of nitrogens with two attached hydrogens (primary N) is 1. The molecule has 3 nitrogen and oxygen atoms in total. The molecule has 0 amide bonds. The lowest BCUT2D eigenvalue weighted by Crippen LogP contribution is -2.36. The molecular formula is C13H20N2O. The van der Waals surface area contributed by atoms with Crippen LogP contribution in [0.15, 0.2) is 24.3 Å². The lowest BCUT2D eigenvalue weighted by Gasteiger charge is -2.31. The Kier molecular flexibility index (Phi) is 3.93. The molecule has 1 aliphatic rings. The molecule has 0 bridgehead atoms. The predicted molar refractivity (Wildman–Crippen MR) is 64.8 cm³/mol. The van der Waals surface area contributed by atoms with Crippen LogP contribution in [0.1, 0.15) is 30.0 Å². The summed E-state index contributed by atoms with van der Waals surface area (Å²) in [6.45, 7) is 3.85. The van der Waals surface area contributed by atoms with Gasteiger partial charge in [-0.3, -0.25) is 11.3 Å². The van der Waals surface area contributed by atoms with E-state index in [2.05, 4.69) is 36.6 Å². The summed E-state index contributed by atoms with van der Waals surface area (Å²) in [6, 6.07) is 8.70. The van der Waals surface area contributed by atoms with Gasteiger partial charge in [0.15, 0.2) is 0 Å². The van der Waals surface area contributed by atoms with E-state index < -0.39 is 0 Å². The summed E-state index contributed by atoms with van der Waals surface area (Å²) in [5.74, 6) is 6.30. The molecular weight excluding hydrogens is 200 g/mol. The highest BCUT2D eigenvalue weighted by Crippen LogP contribution is 2.30. The van der Waals surface area contributed by atoms with Crippen LogP contribution in [0.2, 0.25) is 0 Å². The number of aryl methyl sites for hydroxylation is 1. The van der Waals surface area contributed by atoms with Crippen LogP contribution in [-0.2, 0) is 4.74 Å². The van der Waals surface area contributed by atoms with Crippen LogP contribution in [0.4, 0.5) is 0 Å². The van der Waals surface area contributed by atoms with Crippen molar-refractivity contribution in [3.8, 4) is 0 Å². The minimum absolute atomic E-state index is 0.255. The van der Waals surface area contributed by atoms with Crippen LogP contribution in [0.5, 0.6) is 0 Å². The SMILES string of the molecule is Cc1ccccc1C(NN)C1CCOCC1. The number of hydrazine groups is 1. The first-order valence-electron chi connectivity index (χ1n) is 5.92. The summed E-state index contributed by atoms with van der Waals surface area (Å²) in [5.41, 5.74) is 5.59. The van der Waals surface area contributed by atoms with Crippen LogP contribution in [-0.4, -0.2) is 13.2 Å². The van der Waals surface area contributed by atoms with Crippen LogP contribution in [0.25, 0.3) is 0 Å². The summed E-state index contributed by atoms with van der Waals surface area (Å²) < 4.78 is 5.39. The standard InChI is InChI=1S/C13H20N2O/c1-10-4-2-3-5-12(10)13(15-14)11-6-8-16-9-7-11/h2-5,11,13,15H,6-9,14H2,1H3. The summed E-state index contributed by atoms with van der Waals surface area (Å²) in [4.78, 5) is 0. The van der Waals surface area contributed by atoms with Gasteiger partial charge in [0.1, 0.15) is 0 Å². The first-order valence-corrected chi connectivity index (χ1v) is 5.92. The molecule has 0 radical (unpaired) electrons. The Morgan fingerprint density at radius 2 is 2.00 bits per heavy atom. The van der Waals surface area contributed by atoms with Crippen LogP contribution < -0.4 is 11.3 Å². The number of hydrogen-bond donors (Lipinski definition) is 2. The number of ether oxygens (including phenoxy) is 1. The first kappa shape index (κ1) is 11.6. The van der Waals surface area contributed by atoms with Crippen molar-refractivity contribution >= 4 is 0 Å². The highest BCUT2D eigenvalue weighted by molar-refractivity contribution is 5.29. The lowest BCUT2D eigenvalue weighted by atomic mass is 9.86. The van der Waals surface area contributed by atoms with Crippen molar-refractivity contribution in [2.24, 2.45) is 11.8 Å². The van der Waals surface area contributed by atoms with Crippen molar-refractivity contribution < 1.29 is 4.74 Å². The van der Waals surface area contributed by atoms with Gasteiger partial charge in [-0.1, -0.05) is 24.3 Å². The Labute approximate surface area is 97.0 Å². The van der Waals surface area contributed by atoms with Gasteiger partial charge in [0, 0.05) is 19.3 Å². The average Bonchev–Trinajstić information content (AvgIpc) is 2.34. The molecule has 0 saturated carbocycles. The van der Waals surface area contributed by atoms with Crippen molar-refractivity contribution in [1.82, 2.24) is 5.43 Å². The zero-order valence-electron chi connectivity index (χ0n) is 9.78. The molecule has 88 valence electrons. The first-order chi connectivity index (χ1) is 7.83. The van der Waals surface area contributed by atoms with E-state index in [0.29, 0.717) is 5.92 Å². The molecule has 1 fully saturated rings. The Bertz CT molecular complexity index is 334. The molecule has 1 heterocycles. The van der Waals surface area contributed by atoms with E-state index in [1.165, 1.54) is 11.1 Å². The van der Waals surface area contributed by atoms with E-state index in [1.54, 1.807) is 0 Å². The summed E-state index contributed by atoms with van der Waals surface area (Å²) in [5, 5.41) is 0. The van der Waals surface area contributed by atoms with Gasteiger partial charge in [0.25, 0.3) is 0 Å². The van der Waals surface area contributed by atoms with E-state index in [9.17, 15) is 0 Å².